The van der Waals surface area contributed by atoms with E-state index in [0.717, 1.165) is 5.75 Å². The summed E-state index contributed by atoms with van der Waals surface area (Å²) in [4.78, 5) is 12.0. The predicted octanol–water partition coefficient (Wildman–Crippen LogP) is 4.46. The first-order valence-corrected chi connectivity index (χ1v) is 8.64. The quantitative estimate of drug-likeness (QED) is 0.628. The Bertz CT molecular complexity index is 693. The van der Waals surface area contributed by atoms with E-state index in [2.05, 4.69) is 10.6 Å². The van der Waals surface area contributed by atoms with Crippen molar-refractivity contribution in [1.82, 2.24) is 0 Å². The summed E-state index contributed by atoms with van der Waals surface area (Å²) in [5.41, 5.74) is 1.29. The van der Waals surface area contributed by atoms with Crippen LogP contribution in [0.3, 0.4) is 0 Å². The van der Waals surface area contributed by atoms with E-state index in [-0.39, 0.29) is 12.5 Å². The van der Waals surface area contributed by atoms with Crippen molar-refractivity contribution in [2.45, 2.75) is 6.92 Å². The lowest BCUT2D eigenvalue weighted by Crippen LogP contribution is -2.21. The van der Waals surface area contributed by atoms with Gasteiger partial charge in [0.2, 0.25) is 5.91 Å². The highest BCUT2D eigenvalue weighted by Crippen LogP contribution is 2.29. The van der Waals surface area contributed by atoms with Crippen molar-refractivity contribution < 1.29 is 14.3 Å². The molecular formula is C18H20Cl2N2O3. The Morgan fingerprint density at radius 3 is 2.56 bits per heavy atom. The monoisotopic (exact) mass is 382 g/mol. The molecule has 0 bridgehead atoms. The van der Waals surface area contributed by atoms with Gasteiger partial charge in [0.25, 0.3) is 0 Å². The van der Waals surface area contributed by atoms with Crippen LogP contribution in [0.15, 0.2) is 42.5 Å². The second-order valence-electron chi connectivity index (χ2n) is 5.07. The van der Waals surface area contributed by atoms with Gasteiger partial charge in [-0.05, 0) is 43.3 Å². The van der Waals surface area contributed by atoms with E-state index in [9.17, 15) is 4.79 Å². The van der Waals surface area contributed by atoms with Gasteiger partial charge in [0.05, 0.1) is 28.9 Å². The van der Waals surface area contributed by atoms with Crippen molar-refractivity contribution in [1.29, 1.82) is 0 Å². The van der Waals surface area contributed by atoms with Crippen LogP contribution in [0.5, 0.6) is 5.75 Å². The molecule has 0 aromatic heterocycles. The van der Waals surface area contributed by atoms with Gasteiger partial charge in [-0.3, -0.25) is 4.79 Å². The van der Waals surface area contributed by atoms with Crippen molar-refractivity contribution >= 4 is 40.5 Å². The Labute approximate surface area is 157 Å². The van der Waals surface area contributed by atoms with Gasteiger partial charge < -0.3 is 20.1 Å². The summed E-state index contributed by atoms with van der Waals surface area (Å²) in [5, 5.41) is 6.58. The number of ether oxygens (including phenoxy) is 2. The summed E-state index contributed by atoms with van der Waals surface area (Å²) >= 11 is 12.0. The summed E-state index contributed by atoms with van der Waals surface area (Å²) in [6.07, 6.45) is 0. The van der Waals surface area contributed by atoms with E-state index < -0.39 is 0 Å². The Hall–Kier alpha value is -1.95. The smallest absolute Gasteiger partial charge is 0.243 e. The first kappa shape index (κ1) is 19.4. The Kier molecular flexibility index (Phi) is 7.85. The maximum absolute atomic E-state index is 12.0. The highest BCUT2D eigenvalue weighted by molar-refractivity contribution is 6.43. The molecule has 25 heavy (non-hydrogen) atoms. The molecule has 2 aromatic carbocycles. The lowest BCUT2D eigenvalue weighted by atomic mass is 10.3. The van der Waals surface area contributed by atoms with Crippen molar-refractivity contribution in [3.63, 3.8) is 0 Å². The summed E-state index contributed by atoms with van der Waals surface area (Å²) < 4.78 is 10.7. The third kappa shape index (κ3) is 6.46. The SMILES string of the molecule is CCOCCOc1ccc(NC(=O)CNc2cccc(Cl)c2Cl)cc1. The summed E-state index contributed by atoms with van der Waals surface area (Å²) in [5.74, 6) is 0.530. The molecule has 5 nitrogen and oxygen atoms in total. The highest BCUT2D eigenvalue weighted by atomic mass is 35.5. The molecule has 0 aliphatic rings. The van der Waals surface area contributed by atoms with E-state index in [1.54, 1.807) is 42.5 Å². The molecule has 1 amide bonds. The zero-order chi connectivity index (χ0) is 18.1. The summed E-state index contributed by atoms with van der Waals surface area (Å²) in [7, 11) is 0. The number of halogens is 2. The van der Waals surface area contributed by atoms with Gasteiger partial charge in [-0.2, -0.15) is 0 Å². The lowest BCUT2D eigenvalue weighted by molar-refractivity contribution is -0.114. The molecule has 0 heterocycles. The molecule has 0 unspecified atom stereocenters. The largest absolute Gasteiger partial charge is 0.491 e. The van der Waals surface area contributed by atoms with Gasteiger partial charge in [-0.1, -0.05) is 29.3 Å². The minimum atomic E-state index is -0.193. The van der Waals surface area contributed by atoms with Crippen LogP contribution in [0.4, 0.5) is 11.4 Å². The number of carbonyl (C=O) groups excluding carboxylic acids is 1. The zero-order valence-corrected chi connectivity index (χ0v) is 15.4. The average Bonchev–Trinajstić information content (AvgIpc) is 2.61. The van der Waals surface area contributed by atoms with Crippen LogP contribution in [0.25, 0.3) is 0 Å². The molecule has 2 aromatic rings. The fourth-order valence-electron chi connectivity index (χ4n) is 2.02. The lowest BCUT2D eigenvalue weighted by Gasteiger charge is -2.10. The molecule has 134 valence electrons. The maximum atomic E-state index is 12.0. The number of nitrogens with one attached hydrogen (secondary N) is 2. The highest BCUT2D eigenvalue weighted by Gasteiger charge is 2.07. The average molecular weight is 383 g/mol. The molecule has 0 fully saturated rings. The van der Waals surface area contributed by atoms with E-state index in [4.69, 9.17) is 32.7 Å². The molecule has 0 aliphatic carbocycles. The second kappa shape index (κ2) is 10.1. The van der Waals surface area contributed by atoms with Gasteiger partial charge in [0, 0.05) is 12.3 Å². The third-order valence-corrected chi connectivity index (χ3v) is 4.05. The molecule has 0 spiro atoms. The third-order valence-electron chi connectivity index (χ3n) is 3.23. The van der Waals surface area contributed by atoms with Crippen LogP contribution >= 0.6 is 23.2 Å². The van der Waals surface area contributed by atoms with Crippen LogP contribution in [-0.4, -0.2) is 32.3 Å². The fraction of sp³-hybridized carbons (Fsp3) is 0.278. The standard InChI is InChI=1S/C18H20Cl2N2O3/c1-2-24-10-11-25-14-8-6-13(7-9-14)22-17(23)12-21-16-5-3-4-15(19)18(16)20/h3-9,21H,2,10-12H2,1H3,(H,22,23). The van der Waals surface area contributed by atoms with Crippen molar-refractivity contribution in [2.24, 2.45) is 0 Å². The number of benzene rings is 2. The molecule has 2 N–H and O–H groups in total. The normalized spacial score (nSPS) is 10.4. The van der Waals surface area contributed by atoms with E-state index in [1.165, 1.54) is 0 Å². The summed E-state index contributed by atoms with van der Waals surface area (Å²) in [6, 6.07) is 12.4. The molecule has 0 radical (unpaired) electrons. The number of carbonyl (C=O) groups is 1. The van der Waals surface area contributed by atoms with E-state index in [0.29, 0.717) is 41.2 Å². The Balaban J connectivity index is 1.79. The van der Waals surface area contributed by atoms with Crippen molar-refractivity contribution in [3.8, 4) is 5.75 Å². The zero-order valence-electron chi connectivity index (χ0n) is 13.9. The first-order valence-electron chi connectivity index (χ1n) is 7.88. The first-order chi connectivity index (χ1) is 12.1. The van der Waals surface area contributed by atoms with Crippen molar-refractivity contribution in [3.05, 3.63) is 52.5 Å². The van der Waals surface area contributed by atoms with Gasteiger partial charge >= 0.3 is 0 Å². The van der Waals surface area contributed by atoms with Gasteiger partial charge in [0.1, 0.15) is 12.4 Å². The molecule has 0 aliphatic heterocycles. The minimum Gasteiger partial charge on any atom is -0.491 e. The maximum Gasteiger partial charge on any atom is 0.243 e. The Morgan fingerprint density at radius 2 is 1.84 bits per heavy atom. The van der Waals surface area contributed by atoms with E-state index >= 15 is 0 Å². The molecule has 7 heteroatoms. The van der Waals surface area contributed by atoms with Crippen LogP contribution < -0.4 is 15.4 Å². The molecule has 0 saturated heterocycles. The number of hydrogen-bond acceptors (Lipinski definition) is 4. The van der Waals surface area contributed by atoms with Crippen LogP contribution in [0.2, 0.25) is 10.0 Å². The van der Waals surface area contributed by atoms with Crippen LogP contribution in [0, 0.1) is 0 Å². The van der Waals surface area contributed by atoms with Crippen molar-refractivity contribution in [2.75, 3.05) is 37.0 Å². The van der Waals surface area contributed by atoms with Crippen LogP contribution in [-0.2, 0) is 9.53 Å². The molecule has 0 saturated carbocycles. The number of anilines is 2. The number of rotatable bonds is 9. The minimum absolute atomic E-state index is 0.0761. The molecule has 2 rings (SSSR count). The van der Waals surface area contributed by atoms with Gasteiger partial charge in [-0.15, -0.1) is 0 Å². The Morgan fingerprint density at radius 1 is 1.08 bits per heavy atom. The second-order valence-corrected chi connectivity index (χ2v) is 5.86. The summed E-state index contributed by atoms with van der Waals surface area (Å²) in [6.45, 7) is 3.72. The van der Waals surface area contributed by atoms with Gasteiger partial charge in [0.15, 0.2) is 0 Å². The predicted molar refractivity (Wildman–Crippen MR) is 102 cm³/mol. The van der Waals surface area contributed by atoms with Crippen LogP contribution in [0.1, 0.15) is 6.92 Å². The topological polar surface area (TPSA) is 59.6 Å². The number of hydrogen-bond donors (Lipinski definition) is 2. The molecular weight excluding hydrogens is 363 g/mol. The fourth-order valence-corrected chi connectivity index (χ4v) is 2.39. The number of amides is 1. The molecule has 0 atom stereocenters. The van der Waals surface area contributed by atoms with E-state index in [1.807, 2.05) is 6.92 Å². The van der Waals surface area contributed by atoms with Gasteiger partial charge in [-0.25, -0.2) is 0 Å².